The van der Waals surface area contributed by atoms with Gasteiger partial charge in [-0.15, -0.1) is 11.3 Å². The topological polar surface area (TPSA) is 20.3 Å². The molecule has 106 valence electrons. The second-order valence-corrected chi connectivity index (χ2v) is 7.56. The number of rotatable bonds is 5. The summed E-state index contributed by atoms with van der Waals surface area (Å²) in [7, 11) is 1.90. The number of Topliss-reactive ketones (excluding diaryl/α,β-unsaturated/α-hetero) is 1. The van der Waals surface area contributed by atoms with Crippen LogP contribution in [-0.4, -0.2) is 24.3 Å². The standard InChI is InChI=1S/C14H12BrCl2NOS/c1-18(7-9-4-2-3-5-11(9)15)8-12(19)10-6-13(16)20-14(10)17/h2-6H,7-8H2,1H3. The number of benzene rings is 1. The number of ketones is 1. The first-order valence-corrected chi connectivity index (χ1v) is 8.24. The maximum absolute atomic E-state index is 12.2. The summed E-state index contributed by atoms with van der Waals surface area (Å²) in [5.74, 6) is -0.0206. The first-order valence-electron chi connectivity index (χ1n) is 5.87. The Morgan fingerprint density at radius 1 is 1.35 bits per heavy atom. The Labute approximate surface area is 140 Å². The molecule has 6 heteroatoms. The Hall–Kier alpha value is -0.390. The van der Waals surface area contributed by atoms with Crippen molar-refractivity contribution in [1.29, 1.82) is 0 Å². The van der Waals surface area contributed by atoms with Crippen molar-refractivity contribution in [2.45, 2.75) is 6.54 Å². The van der Waals surface area contributed by atoms with E-state index in [1.807, 2.05) is 36.2 Å². The number of nitrogens with zero attached hydrogens (tertiary/aromatic N) is 1. The van der Waals surface area contributed by atoms with Crippen LogP contribution in [-0.2, 0) is 6.54 Å². The molecule has 0 unspecified atom stereocenters. The molecule has 0 aliphatic rings. The summed E-state index contributed by atoms with van der Waals surface area (Å²) in [5.41, 5.74) is 1.64. The molecule has 1 heterocycles. The van der Waals surface area contributed by atoms with E-state index in [0.29, 0.717) is 27.3 Å². The molecule has 0 fully saturated rings. The maximum Gasteiger partial charge on any atom is 0.179 e. The van der Waals surface area contributed by atoms with E-state index in [0.717, 1.165) is 10.0 Å². The molecule has 0 N–H and O–H groups in total. The lowest BCUT2D eigenvalue weighted by atomic mass is 10.2. The van der Waals surface area contributed by atoms with Crippen LogP contribution in [0, 0.1) is 0 Å². The molecule has 1 aromatic heterocycles. The number of hydrogen-bond donors (Lipinski definition) is 0. The molecule has 2 rings (SSSR count). The summed E-state index contributed by atoms with van der Waals surface area (Å²) >= 11 is 16.6. The number of thiophene rings is 1. The highest BCUT2D eigenvalue weighted by molar-refractivity contribution is 9.10. The van der Waals surface area contributed by atoms with Gasteiger partial charge in [0.1, 0.15) is 4.34 Å². The van der Waals surface area contributed by atoms with Gasteiger partial charge in [-0.05, 0) is 24.7 Å². The van der Waals surface area contributed by atoms with Gasteiger partial charge in [-0.25, -0.2) is 0 Å². The molecule has 2 aromatic rings. The predicted molar refractivity (Wildman–Crippen MR) is 89.1 cm³/mol. The third-order valence-electron chi connectivity index (χ3n) is 2.77. The molecule has 0 bridgehead atoms. The van der Waals surface area contributed by atoms with Crippen molar-refractivity contribution in [2.24, 2.45) is 0 Å². The average Bonchev–Trinajstić information content (AvgIpc) is 2.71. The molecule has 2 nitrogen and oxygen atoms in total. The minimum absolute atomic E-state index is 0.0206. The molecule has 0 radical (unpaired) electrons. The van der Waals surface area contributed by atoms with E-state index in [9.17, 15) is 4.79 Å². The Kier molecular flexibility index (Phi) is 5.64. The molecule has 0 atom stereocenters. The fraction of sp³-hybridized carbons (Fsp3) is 0.214. The molecule has 20 heavy (non-hydrogen) atoms. The summed E-state index contributed by atoms with van der Waals surface area (Å²) in [5, 5.41) is 0. The zero-order chi connectivity index (χ0) is 14.7. The fourth-order valence-corrected chi connectivity index (χ4v) is 3.74. The third-order valence-corrected chi connectivity index (χ3v) is 5.03. The first-order chi connectivity index (χ1) is 9.47. The molecule has 1 aromatic carbocycles. The van der Waals surface area contributed by atoms with Gasteiger partial charge in [0.25, 0.3) is 0 Å². The summed E-state index contributed by atoms with van der Waals surface area (Å²) in [6.45, 7) is 0.983. The van der Waals surface area contributed by atoms with Gasteiger partial charge in [0, 0.05) is 11.0 Å². The lowest BCUT2D eigenvalue weighted by Gasteiger charge is -2.16. The van der Waals surface area contributed by atoms with Crippen LogP contribution in [0.4, 0.5) is 0 Å². The fourth-order valence-electron chi connectivity index (χ4n) is 1.83. The van der Waals surface area contributed by atoms with E-state index in [2.05, 4.69) is 15.9 Å². The highest BCUT2D eigenvalue weighted by Gasteiger charge is 2.16. The Morgan fingerprint density at radius 2 is 2.05 bits per heavy atom. The summed E-state index contributed by atoms with van der Waals surface area (Å²) in [4.78, 5) is 14.1. The van der Waals surface area contributed by atoms with Crippen LogP contribution in [0.25, 0.3) is 0 Å². The third kappa shape index (κ3) is 4.06. The Morgan fingerprint density at radius 3 is 2.65 bits per heavy atom. The largest absolute Gasteiger partial charge is 0.295 e. The minimum Gasteiger partial charge on any atom is -0.295 e. The quantitative estimate of drug-likeness (QED) is 0.657. The van der Waals surface area contributed by atoms with E-state index in [1.54, 1.807) is 6.07 Å². The molecule has 0 aliphatic heterocycles. The average molecular weight is 393 g/mol. The monoisotopic (exact) mass is 391 g/mol. The van der Waals surface area contributed by atoms with Crippen molar-refractivity contribution in [1.82, 2.24) is 4.90 Å². The van der Waals surface area contributed by atoms with Crippen molar-refractivity contribution >= 4 is 56.3 Å². The summed E-state index contributed by atoms with van der Waals surface area (Å²) in [6, 6.07) is 9.58. The molecule has 0 amide bonds. The smallest absolute Gasteiger partial charge is 0.179 e. The first kappa shape index (κ1) is 16.0. The SMILES string of the molecule is CN(CC(=O)c1cc(Cl)sc1Cl)Cc1ccccc1Br. The van der Waals surface area contributed by atoms with E-state index in [-0.39, 0.29) is 5.78 Å². The van der Waals surface area contributed by atoms with Crippen LogP contribution in [0.5, 0.6) is 0 Å². The zero-order valence-electron chi connectivity index (χ0n) is 10.7. The van der Waals surface area contributed by atoms with Crippen LogP contribution in [0.15, 0.2) is 34.8 Å². The lowest BCUT2D eigenvalue weighted by molar-refractivity contribution is 0.0943. The molecular weight excluding hydrogens is 381 g/mol. The molecule has 0 saturated heterocycles. The van der Waals surface area contributed by atoms with Crippen LogP contribution in [0.1, 0.15) is 15.9 Å². The summed E-state index contributed by atoms with van der Waals surface area (Å²) < 4.78 is 2.03. The second kappa shape index (κ2) is 7.05. The van der Waals surface area contributed by atoms with Gasteiger partial charge in [-0.1, -0.05) is 57.3 Å². The normalized spacial score (nSPS) is 11.1. The zero-order valence-corrected chi connectivity index (χ0v) is 14.6. The number of halogens is 3. The van der Waals surface area contributed by atoms with Crippen LogP contribution in [0.3, 0.4) is 0 Å². The van der Waals surface area contributed by atoms with Crippen LogP contribution >= 0.6 is 50.5 Å². The molecule has 0 spiro atoms. The minimum atomic E-state index is -0.0206. The number of hydrogen-bond acceptors (Lipinski definition) is 3. The Bertz CT molecular complexity index is 629. The van der Waals surface area contributed by atoms with Crippen LogP contribution in [0.2, 0.25) is 8.67 Å². The van der Waals surface area contributed by atoms with E-state index >= 15 is 0 Å². The van der Waals surface area contributed by atoms with Gasteiger partial charge in [-0.3, -0.25) is 9.69 Å². The molecule has 0 saturated carbocycles. The van der Waals surface area contributed by atoms with Gasteiger partial charge >= 0.3 is 0 Å². The van der Waals surface area contributed by atoms with Gasteiger partial charge in [0.15, 0.2) is 5.78 Å². The van der Waals surface area contributed by atoms with Crippen LogP contribution < -0.4 is 0 Å². The van der Waals surface area contributed by atoms with Crippen molar-refractivity contribution in [3.63, 3.8) is 0 Å². The second-order valence-electron chi connectivity index (χ2n) is 4.42. The predicted octanol–water partition coefficient (Wildman–Crippen LogP) is 5.13. The van der Waals surface area contributed by atoms with E-state index < -0.39 is 0 Å². The highest BCUT2D eigenvalue weighted by atomic mass is 79.9. The molecular formula is C14H12BrCl2NOS. The van der Waals surface area contributed by atoms with Gasteiger partial charge in [-0.2, -0.15) is 0 Å². The number of likely N-dealkylation sites (N-methyl/N-ethyl adjacent to an activating group) is 1. The van der Waals surface area contributed by atoms with Gasteiger partial charge in [0.05, 0.1) is 16.4 Å². The van der Waals surface area contributed by atoms with Crippen molar-refractivity contribution in [3.05, 3.63) is 54.6 Å². The van der Waals surface area contributed by atoms with Crippen molar-refractivity contribution in [2.75, 3.05) is 13.6 Å². The van der Waals surface area contributed by atoms with E-state index in [4.69, 9.17) is 23.2 Å². The molecule has 0 aliphatic carbocycles. The maximum atomic E-state index is 12.2. The number of carbonyl (C=O) groups excluding carboxylic acids is 1. The highest BCUT2D eigenvalue weighted by Crippen LogP contribution is 2.31. The van der Waals surface area contributed by atoms with Gasteiger partial charge in [0.2, 0.25) is 0 Å². The summed E-state index contributed by atoms with van der Waals surface area (Å²) in [6.07, 6.45) is 0. The van der Waals surface area contributed by atoms with Crippen molar-refractivity contribution in [3.8, 4) is 0 Å². The number of carbonyl (C=O) groups is 1. The van der Waals surface area contributed by atoms with Crippen molar-refractivity contribution < 1.29 is 4.79 Å². The van der Waals surface area contributed by atoms with Gasteiger partial charge < -0.3 is 0 Å². The lowest BCUT2D eigenvalue weighted by Crippen LogP contribution is -2.25. The van der Waals surface area contributed by atoms with E-state index in [1.165, 1.54) is 11.3 Å². The Balaban J connectivity index is 2.01.